The number of rotatable bonds is 1. The van der Waals surface area contributed by atoms with Crippen molar-refractivity contribution in [3.05, 3.63) is 28.3 Å². The second-order valence-electron chi connectivity index (χ2n) is 3.17. The summed E-state index contributed by atoms with van der Waals surface area (Å²) in [5.41, 5.74) is 2.56. The van der Waals surface area contributed by atoms with E-state index in [1.54, 1.807) is 7.11 Å². The van der Waals surface area contributed by atoms with Gasteiger partial charge in [0.05, 0.1) is 7.11 Å². The van der Waals surface area contributed by atoms with Crippen LogP contribution in [0.15, 0.2) is 12.1 Å². The van der Waals surface area contributed by atoms with Gasteiger partial charge in [0.2, 0.25) is 0 Å². The Kier molecular flexibility index (Phi) is 2.42. The van der Waals surface area contributed by atoms with Crippen molar-refractivity contribution in [2.45, 2.75) is 13.0 Å². The van der Waals surface area contributed by atoms with Crippen LogP contribution in [-0.2, 0) is 13.0 Å². The molecule has 0 amide bonds. The number of fused-ring (bicyclic) bond motifs is 1. The van der Waals surface area contributed by atoms with Crippen LogP contribution >= 0.6 is 11.6 Å². The van der Waals surface area contributed by atoms with Gasteiger partial charge in [0.1, 0.15) is 5.75 Å². The van der Waals surface area contributed by atoms with Gasteiger partial charge in [-0.05, 0) is 30.7 Å². The summed E-state index contributed by atoms with van der Waals surface area (Å²) in [6.45, 7) is 1.91. The van der Waals surface area contributed by atoms with Crippen LogP contribution in [0.1, 0.15) is 11.1 Å². The third-order valence-corrected chi connectivity index (χ3v) is 2.58. The summed E-state index contributed by atoms with van der Waals surface area (Å²) in [7, 11) is 1.68. The normalized spacial score (nSPS) is 15.2. The van der Waals surface area contributed by atoms with E-state index in [9.17, 15) is 0 Å². The van der Waals surface area contributed by atoms with Gasteiger partial charge in [-0.2, -0.15) is 0 Å². The molecule has 0 spiro atoms. The minimum atomic E-state index is 0.762. The van der Waals surface area contributed by atoms with E-state index in [-0.39, 0.29) is 0 Å². The van der Waals surface area contributed by atoms with Crippen molar-refractivity contribution >= 4 is 11.6 Å². The summed E-state index contributed by atoms with van der Waals surface area (Å²) in [4.78, 5) is 0. The molecule has 1 aromatic carbocycles. The number of hydrogen-bond donors (Lipinski definition) is 1. The first-order valence-electron chi connectivity index (χ1n) is 4.37. The molecule has 13 heavy (non-hydrogen) atoms. The SMILES string of the molecule is COc1cc(Cl)cc2c1CNCC2. The standard InChI is InChI=1S/C10H12ClNO/c1-13-10-5-8(11)4-7-2-3-12-6-9(7)10/h4-5,12H,2-3,6H2,1H3. The molecule has 0 radical (unpaired) electrons. The lowest BCUT2D eigenvalue weighted by atomic mass is 10.0. The molecular formula is C10H12ClNO. The highest BCUT2D eigenvalue weighted by atomic mass is 35.5. The van der Waals surface area contributed by atoms with Crippen molar-refractivity contribution in [3.63, 3.8) is 0 Å². The van der Waals surface area contributed by atoms with Crippen LogP contribution < -0.4 is 10.1 Å². The molecule has 3 heteroatoms. The van der Waals surface area contributed by atoms with Crippen molar-refractivity contribution in [3.8, 4) is 5.75 Å². The maximum Gasteiger partial charge on any atom is 0.125 e. The first kappa shape index (κ1) is 8.85. The van der Waals surface area contributed by atoms with Gasteiger partial charge in [-0.15, -0.1) is 0 Å². The summed E-state index contributed by atoms with van der Waals surface area (Å²) in [6, 6.07) is 3.90. The Bertz CT molecular complexity index is 308. The molecule has 2 nitrogen and oxygen atoms in total. The fraction of sp³-hybridized carbons (Fsp3) is 0.400. The highest BCUT2D eigenvalue weighted by Crippen LogP contribution is 2.29. The van der Waals surface area contributed by atoms with Gasteiger partial charge in [0.25, 0.3) is 0 Å². The maximum atomic E-state index is 5.96. The number of methoxy groups -OCH3 is 1. The minimum Gasteiger partial charge on any atom is -0.496 e. The first-order valence-corrected chi connectivity index (χ1v) is 4.75. The number of hydrogen-bond acceptors (Lipinski definition) is 2. The molecule has 0 atom stereocenters. The largest absolute Gasteiger partial charge is 0.496 e. The summed E-state index contributed by atoms with van der Waals surface area (Å²) in [5.74, 6) is 0.898. The summed E-state index contributed by atoms with van der Waals surface area (Å²) < 4.78 is 5.27. The lowest BCUT2D eigenvalue weighted by Gasteiger charge is -2.19. The van der Waals surface area contributed by atoms with Gasteiger partial charge in [0.15, 0.2) is 0 Å². The average molecular weight is 198 g/mol. The van der Waals surface area contributed by atoms with E-state index in [2.05, 4.69) is 5.32 Å². The van der Waals surface area contributed by atoms with E-state index in [0.29, 0.717) is 0 Å². The topological polar surface area (TPSA) is 21.3 Å². The smallest absolute Gasteiger partial charge is 0.125 e. The van der Waals surface area contributed by atoms with E-state index >= 15 is 0 Å². The van der Waals surface area contributed by atoms with Crippen molar-refractivity contribution in [1.82, 2.24) is 5.32 Å². The second-order valence-corrected chi connectivity index (χ2v) is 3.61. The highest BCUT2D eigenvalue weighted by molar-refractivity contribution is 6.30. The number of benzene rings is 1. The molecule has 0 bridgehead atoms. The molecule has 0 aliphatic carbocycles. The van der Waals surface area contributed by atoms with Crippen LogP contribution in [0.2, 0.25) is 5.02 Å². The summed E-state index contributed by atoms with van der Waals surface area (Å²) in [6.07, 6.45) is 1.03. The third kappa shape index (κ3) is 1.64. The average Bonchev–Trinajstić information content (AvgIpc) is 2.16. The molecule has 0 saturated heterocycles. The fourth-order valence-electron chi connectivity index (χ4n) is 1.71. The Morgan fingerprint density at radius 2 is 2.31 bits per heavy atom. The Balaban J connectivity index is 2.50. The second kappa shape index (κ2) is 3.56. The molecule has 0 saturated carbocycles. The summed E-state index contributed by atoms with van der Waals surface area (Å²) >= 11 is 5.96. The fourth-order valence-corrected chi connectivity index (χ4v) is 1.94. The predicted octanol–water partition coefficient (Wildman–Crippen LogP) is 1.99. The van der Waals surface area contributed by atoms with E-state index in [1.807, 2.05) is 12.1 Å². The zero-order valence-electron chi connectivity index (χ0n) is 7.56. The lowest BCUT2D eigenvalue weighted by Crippen LogP contribution is -2.24. The van der Waals surface area contributed by atoms with Crippen molar-refractivity contribution in [2.24, 2.45) is 0 Å². The van der Waals surface area contributed by atoms with Crippen LogP contribution in [0.5, 0.6) is 5.75 Å². The molecule has 0 fully saturated rings. The van der Waals surface area contributed by atoms with E-state index < -0.39 is 0 Å². The van der Waals surface area contributed by atoms with Crippen LogP contribution in [0.4, 0.5) is 0 Å². The number of halogens is 1. The Labute approximate surface area is 82.9 Å². The molecule has 1 aromatic rings. The van der Waals surface area contributed by atoms with Crippen molar-refractivity contribution in [2.75, 3.05) is 13.7 Å². The van der Waals surface area contributed by atoms with Crippen molar-refractivity contribution in [1.29, 1.82) is 0 Å². The minimum absolute atomic E-state index is 0.762. The van der Waals surface area contributed by atoms with Gasteiger partial charge in [-0.3, -0.25) is 0 Å². The van der Waals surface area contributed by atoms with Crippen LogP contribution in [-0.4, -0.2) is 13.7 Å². The molecular weight excluding hydrogens is 186 g/mol. The molecule has 1 aliphatic rings. The van der Waals surface area contributed by atoms with Gasteiger partial charge in [-0.1, -0.05) is 11.6 Å². The third-order valence-electron chi connectivity index (χ3n) is 2.36. The molecule has 1 heterocycles. The Morgan fingerprint density at radius 3 is 3.08 bits per heavy atom. The molecule has 1 N–H and O–H groups in total. The van der Waals surface area contributed by atoms with E-state index in [4.69, 9.17) is 16.3 Å². The van der Waals surface area contributed by atoms with Gasteiger partial charge >= 0.3 is 0 Å². The first-order chi connectivity index (χ1) is 6.31. The van der Waals surface area contributed by atoms with Crippen LogP contribution in [0.3, 0.4) is 0 Å². The molecule has 0 unspecified atom stereocenters. The van der Waals surface area contributed by atoms with Crippen molar-refractivity contribution < 1.29 is 4.74 Å². The van der Waals surface area contributed by atoms with Crippen LogP contribution in [0, 0.1) is 0 Å². The molecule has 1 aliphatic heterocycles. The summed E-state index contributed by atoms with van der Waals surface area (Å²) in [5, 5.41) is 4.07. The quantitative estimate of drug-likeness (QED) is 0.744. The highest BCUT2D eigenvalue weighted by Gasteiger charge is 2.14. The van der Waals surface area contributed by atoms with E-state index in [1.165, 1.54) is 11.1 Å². The Morgan fingerprint density at radius 1 is 1.46 bits per heavy atom. The molecule has 0 aromatic heterocycles. The zero-order valence-corrected chi connectivity index (χ0v) is 8.32. The monoisotopic (exact) mass is 197 g/mol. The molecule has 2 rings (SSSR count). The van der Waals surface area contributed by atoms with Gasteiger partial charge in [-0.25, -0.2) is 0 Å². The zero-order chi connectivity index (χ0) is 9.26. The lowest BCUT2D eigenvalue weighted by molar-refractivity contribution is 0.405. The molecule has 70 valence electrons. The van der Waals surface area contributed by atoms with Gasteiger partial charge in [0, 0.05) is 17.1 Å². The van der Waals surface area contributed by atoms with Crippen LogP contribution in [0.25, 0.3) is 0 Å². The Hall–Kier alpha value is -0.730. The number of nitrogens with one attached hydrogen (secondary N) is 1. The van der Waals surface area contributed by atoms with E-state index in [0.717, 1.165) is 30.3 Å². The maximum absolute atomic E-state index is 5.96. The van der Waals surface area contributed by atoms with Gasteiger partial charge < -0.3 is 10.1 Å². The predicted molar refractivity (Wildman–Crippen MR) is 53.4 cm³/mol. The number of ether oxygens (including phenoxy) is 1.